The van der Waals surface area contributed by atoms with Crippen LogP contribution >= 0.6 is 27.5 Å². The molecule has 0 aliphatic heterocycles. The molecule has 0 radical (unpaired) electrons. The first kappa shape index (κ1) is 18.2. The molecule has 0 unspecified atom stereocenters. The van der Waals surface area contributed by atoms with Crippen LogP contribution in [0, 0.1) is 0 Å². The van der Waals surface area contributed by atoms with Gasteiger partial charge in [-0.15, -0.1) is 13.2 Å². The molecule has 2 rings (SSSR count). The molecule has 0 bridgehead atoms. The number of halogens is 5. The first-order valence-electron chi connectivity index (χ1n) is 6.21. The van der Waals surface area contributed by atoms with Crippen LogP contribution in [0.3, 0.4) is 0 Å². The van der Waals surface area contributed by atoms with E-state index in [1.54, 1.807) is 0 Å². The van der Waals surface area contributed by atoms with E-state index in [1.807, 2.05) is 0 Å². The van der Waals surface area contributed by atoms with Crippen LogP contribution in [0.2, 0.25) is 5.02 Å². The first-order valence-corrected chi connectivity index (χ1v) is 7.38. The van der Waals surface area contributed by atoms with Gasteiger partial charge >= 0.3 is 12.3 Å². The molecule has 10 heteroatoms. The maximum Gasteiger partial charge on any atom is 0.573 e. The van der Waals surface area contributed by atoms with E-state index in [2.05, 4.69) is 26.0 Å². The highest BCUT2D eigenvalue weighted by Gasteiger charge is 2.32. The zero-order valence-electron chi connectivity index (χ0n) is 11.6. The molecule has 0 atom stereocenters. The number of hydrogen-bond acceptors (Lipinski definition) is 4. The van der Waals surface area contributed by atoms with Crippen molar-refractivity contribution in [3.8, 4) is 5.75 Å². The predicted molar refractivity (Wildman–Crippen MR) is 86.9 cm³/mol. The number of nitrogens with one attached hydrogen (secondary N) is 1. The fourth-order valence-electron chi connectivity index (χ4n) is 1.83. The summed E-state index contributed by atoms with van der Waals surface area (Å²) >= 11 is 8.78. The van der Waals surface area contributed by atoms with E-state index in [0.29, 0.717) is 0 Å². The normalized spacial score (nSPS) is 11.2. The summed E-state index contributed by atoms with van der Waals surface area (Å²) in [7, 11) is 0. The number of hydrogen-bond donors (Lipinski definition) is 3. The molecule has 0 spiro atoms. The standard InChI is InChI=1S/C14H9BrClF3N2O3/c15-8-4-11(9(20)5-12(8)24-14(17,18)19)21-10-3-6(16)1-2-7(10)13(22)23/h1-5,21H,20H2,(H,22,23). The average molecular weight is 426 g/mol. The monoisotopic (exact) mass is 424 g/mol. The highest BCUT2D eigenvalue weighted by Crippen LogP contribution is 2.38. The third kappa shape index (κ3) is 4.45. The van der Waals surface area contributed by atoms with Crippen LogP contribution in [-0.2, 0) is 0 Å². The maximum atomic E-state index is 12.3. The number of benzene rings is 2. The van der Waals surface area contributed by atoms with E-state index < -0.39 is 18.1 Å². The Morgan fingerprint density at radius 3 is 2.50 bits per heavy atom. The topological polar surface area (TPSA) is 84.6 Å². The van der Waals surface area contributed by atoms with Crippen molar-refractivity contribution in [1.29, 1.82) is 0 Å². The van der Waals surface area contributed by atoms with Crippen molar-refractivity contribution >= 4 is 50.6 Å². The minimum absolute atomic E-state index is 0.0181. The Kier molecular flexibility index (Phi) is 5.14. The van der Waals surface area contributed by atoms with E-state index >= 15 is 0 Å². The van der Waals surface area contributed by atoms with Gasteiger partial charge in [0.25, 0.3) is 0 Å². The van der Waals surface area contributed by atoms with Crippen LogP contribution in [0.5, 0.6) is 5.75 Å². The van der Waals surface area contributed by atoms with Crippen molar-refractivity contribution in [1.82, 2.24) is 0 Å². The number of alkyl halides is 3. The third-order valence-corrected chi connectivity index (χ3v) is 3.67. The summed E-state index contributed by atoms with van der Waals surface area (Å²) < 4.78 is 40.7. The highest BCUT2D eigenvalue weighted by atomic mass is 79.9. The Balaban J connectivity index is 2.40. The van der Waals surface area contributed by atoms with Gasteiger partial charge in [0, 0.05) is 11.1 Å². The van der Waals surface area contributed by atoms with Crippen molar-refractivity contribution in [3.05, 3.63) is 45.4 Å². The lowest BCUT2D eigenvalue weighted by Crippen LogP contribution is -2.17. The van der Waals surface area contributed by atoms with Gasteiger partial charge in [-0.05, 0) is 40.2 Å². The lowest BCUT2D eigenvalue weighted by molar-refractivity contribution is -0.274. The van der Waals surface area contributed by atoms with Gasteiger partial charge in [0.2, 0.25) is 0 Å². The smallest absolute Gasteiger partial charge is 0.478 e. The zero-order chi connectivity index (χ0) is 18.1. The van der Waals surface area contributed by atoms with Gasteiger partial charge in [0.05, 0.1) is 27.1 Å². The molecule has 4 N–H and O–H groups in total. The number of nitrogen functional groups attached to an aromatic ring is 1. The van der Waals surface area contributed by atoms with Crippen LogP contribution in [0.1, 0.15) is 10.4 Å². The summed E-state index contributed by atoms with van der Waals surface area (Å²) in [6.45, 7) is 0. The number of rotatable bonds is 4. The minimum atomic E-state index is -4.87. The molecule has 0 saturated heterocycles. The van der Waals surface area contributed by atoms with Crippen molar-refractivity contribution in [2.45, 2.75) is 6.36 Å². The number of carboxylic acids is 1. The van der Waals surface area contributed by atoms with Gasteiger partial charge in [-0.2, -0.15) is 0 Å². The van der Waals surface area contributed by atoms with Crippen LogP contribution in [0.25, 0.3) is 0 Å². The fourth-order valence-corrected chi connectivity index (χ4v) is 2.43. The molecule has 5 nitrogen and oxygen atoms in total. The molecule has 2 aromatic rings. The van der Waals surface area contributed by atoms with Crippen molar-refractivity contribution in [3.63, 3.8) is 0 Å². The fraction of sp³-hybridized carbons (Fsp3) is 0.0714. The predicted octanol–water partition coefficient (Wildman–Crippen LogP) is 5.03. The van der Waals surface area contributed by atoms with Crippen molar-refractivity contribution in [2.75, 3.05) is 11.1 Å². The number of nitrogens with two attached hydrogens (primary N) is 1. The Labute approximate surface area is 147 Å². The highest BCUT2D eigenvalue weighted by molar-refractivity contribution is 9.10. The van der Waals surface area contributed by atoms with Gasteiger partial charge in [0.15, 0.2) is 0 Å². The number of anilines is 3. The molecule has 0 aromatic heterocycles. The Bertz CT molecular complexity index is 800. The summed E-state index contributed by atoms with van der Waals surface area (Å²) in [6, 6.07) is 6.25. The molecule has 128 valence electrons. The molecule has 0 heterocycles. The summed E-state index contributed by atoms with van der Waals surface area (Å²) in [4.78, 5) is 11.2. The number of ether oxygens (including phenoxy) is 1. The molecule has 0 fully saturated rings. The van der Waals surface area contributed by atoms with Crippen molar-refractivity contribution in [2.24, 2.45) is 0 Å². The number of carboxylic acid groups (broad SMARTS) is 1. The molecule has 0 aliphatic carbocycles. The number of carbonyl (C=O) groups is 1. The molecule has 0 aliphatic rings. The van der Waals surface area contributed by atoms with E-state index in [1.165, 1.54) is 24.3 Å². The van der Waals surface area contributed by atoms with Crippen LogP contribution in [0.15, 0.2) is 34.8 Å². The van der Waals surface area contributed by atoms with Gasteiger partial charge < -0.3 is 20.9 Å². The maximum absolute atomic E-state index is 12.3. The SMILES string of the molecule is Nc1cc(OC(F)(F)F)c(Br)cc1Nc1cc(Cl)ccc1C(=O)O. The van der Waals surface area contributed by atoms with Gasteiger partial charge in [0.1, 0.15) is 5.75 Å². The zero-order valence-corrected chi connectivity index (χ0v) is 14.0. The van der Waals surface area contributed by atoms with E-state index in [4.69, 9.17) is 22.4 Å². The summed E-state index contributed by atoms with van der Waals surface area (Å²) in [6.07, 6.45) is -4.87. The van der Waals surface area contributed by atoms with Crippen molar-refractivity contribution < 1.29 is 27.8 Å². The lowest BCUT2D eigenvalue weighted by atomic mass is 10.1. The summed E-state index contributed by atoms with van der Waals surface area (Å²) in [5.41, 5.74) is 5.88. The summed E-state index contributed by atoms with van der Waals surface area (Å²) in [5.74, 6) is -1.72. The van der Waals surface area contributed by atoms with E-state index in [-0.39, 0.29) is 32.1 Å². The Morgan fingerprint density at radius 2 is 1.92 bits per heavy atom. The summed E-state index contributed by atoms with van der Waals surface area (Å²) in [5, 5.41) is 12.2. The van der Waals surface area contributed by atoms with Crippen LogP contribution < -0.4 is 15.8 Å². The Morgan fingerprint density at radius 1 is 1.25 bits per heavy atom. The first-order chi connectivity index (χ1) is 11.1. The molecule has 0 amide bonds. The minimum Gasteiger partial charge on any atom is -0.478 e. The van der Waals surface area contributed by atoms with E-state index in [0.717, 1.165) is 6.07 Å². The average Bonchev–Trinajstić information content (AvgIpc) is 2.42. The van der Waals surface area contributed by atoms with Gasteiger partial charge in [-0.1, -0.05) is 11.6 Å². The quantitative estimate of drug-likeness (QED) is 0.599. The second kappa shape index (κ2) is 6.78. The molecule has 2 aromatic carbocycles. The molecular weight excluding hydrogens is 417 g/mol. The van der Waals surface area contributed by atoms with Gasteiger partial charge in [-0.25, -0.2) is 4.79 Å². The number of aromatic carboxylic acids is 1. The second-order valence-corrected chi connectivity index (χ2v) is 5.83. The van der Waals surface area contributed by atoms with Crippen LogP contribution in [0.4, 0.5) is 30.2 Å². The van der Waals surface area contributed by atoms with E-state index in [9.17, 15) is 18.0 Å². The van der Waals surface area contributed by atoms with Gasteiger partial charge in [-0.3, -0.25) is 0 Å². The largest absolute Gasteiger partial charge is 0.573 e. The third-order valence-electron chi connectivity index (χ3n) is 2.81. The Hall–Kier alpha value is -2.13. The second-order valence-electron chi connectivity index (χ2n) is 4.54. The van der Waals surface area contributed by atoms with Crippen LogP contribution in [-0.4, -0.2) is 17.4 Å². The lowest BCUT2D eigenvalue weighted by Gasteiger charge is -2.16. The molecule has 24 heavy (non-hydrogen) atoms. The molecule has 0 saturated carbocycles. The molecular formula is C14H9BrClF3N2O3.